The van der Waals surface area contributed by atoms with Crippen molar-refractivity contribution in [3.8, 4) is 11.5 Å². The first-order chi connectivity index (χ1) is 13.8. The first kappa shape index (κ1) is 21.8. The van der Waals surface area contributed by atoms with Crippen molar-refractivity contribution >= 4 is 60.1 Å². The second-order valence-corrected chi connectivity index (χ2v) is 8.83. The molecule has 0 aliphatic rings. The van der Waals surface area contributed by atoms with Crippen LogP contribution in [0.5, 0.6) is 11.5 Å². The lowest BCUT2D eigenvalue weighted by atomic mass is 10.2. The van der Waals surface area contributed by atoms with E-state index in [2.05, 4.69) is 15.9 Å². The topological polar surface area (TPSA) is 54.9 Å². The van der Waals surface area contributed by atoms with Crippen LogP contribution in [0.1, 0.15) is 10.4 Å². The summed E-state index contributed by atoms with van der Waals surface area (Å²) in [6.45, 7) is 1.13. The average molecular weight is 499 g/mol. The molecule has 0 bridgehead atoms. The van der Waals surface area contributed by atoms with Crippen molar-refractivity contribution in [3.05, 3.63) is 45.4 Å². The molecule has 1 amide bonds. The Morgan fingerprint density at radius 1 is 1.14 bits per heavy atom. The molecular formula is C20H21BrClN3O3S. The average Bonchev–Trinajstić information content (AvgIpc) is 3.13. The van der Waals surface area contributed by atoms with Gasteiger partial charge in [-0.3, -0.25) is 9.69 Å². The number of nitrogens with zero attached hydrogens (tertiary/aromatic N) is 3. The number of anilines is 1. The summed E-state index contributed by atoms with van der Waals surface area (Å²) in [6.07, 6.45) is 0. The number of ether oxygens (including phenoxy) is 2. The molecule has 0 unspecified atom stereocenters. The van der Waals surface area contributed by atoms with Gasteiger partial charge in [0.2, 0.25) is 0 Å². The number of benzene rings is 2. The van der Waals surface area contributed by atoms with E-state index in [0.29, 0.717) is 45.8 Å². The normalized spacial score (nSPS) is 11.1. The lowest BCUT2D eigenvalue weighted by molar-refractivity contribution is 0.0985. The smallest absolute Gasteiger partial charge is 0.261 e. The summed E-state index contributed by atoms with van der Waals surface area (Å²) in [5.74, 6) is 1.10. The standard InChI is InChI=1S/C20H21BrClN3O3S/c1-24(2)9-10-25(19(26)13-11-12(21)5-6-14(13)22)20-23-17-15(27-3)7-8-16(28-4)18(17)29-20/h5-8,11H,9-10H2,1-4H3. The van der Waals surface area contributed by atoms with Crippen molar-refractivity contribution in [1.29, 1.82) is 0 Å². The Morgan fingerprint density at radius 2 is 1.83 bits per heavy atom. The van der Waals surface area contributed by atoms with E-state index in [1.54, 1.807) is 37.3 Å². The Labute approximate surface area is 187 Å². The molecule has 6 nitrogen and oxygen atoms in total. The highest BCUT2D eigenvalue weighted by molar-refractivity contribution is 9.10. The Bertz CT molecular complexity index is 1000. The molecule has 3 aromatic rings. The van der Waals surface area contributed by atoms with Crippen molar-refractivity contribution in [1.82, 2.24) is 9.88 Å². The quantitative estimate of drug-likeness (QED) is 0.462. The van der Waals surface area contributed by atoms with Crippen LogP contribution in [-0.2, 0) is 0 Å². The molecule has 0 saturated heterocycles. The molecule has 0 aliphatic carbocycles. The minimum atomic E-state index is -0.213. The van der Waals surface area contributed by atoms with Crippen LogP contribution in [-0.4, -0.2) is 57.2 Å². The van der Waals surface area contributed by atoms with Gasteiger partial charge in [0.1, 0.15) is 21.7 Å². The van der Waals surface area contributed by atoms with Gasteiger partial charge in [-0.1, -0.05) is 38.9 Å². The highest BCUT2D eigenvalue weighted by atomic mass is 79.9. The lowest BCUT2D eigenvalue weighted by Crippen LogP contribution is -2.36. The van der Waals surface area contributed by atoms with Gasteiger partial charge in [0.05, 0.1) is 24.8 Å². The minimum absolute atomic E-state index is 0.213. The Kier molecular flexibility index (Phi) is 7.00. The molecule has 3 rings (SSSR count). The Balaban J connectivity index is 2.11. The fourth-order valence-electron chi connectivity index (χ4n) is 2.78. The number of hydrogen-bond donors (Lipinski definition) is 0. The molecule has 1 heterocycles. The maximum atomic E-state index is 13.4. The number of thiazole rings is 1. The zero-order valence-corrected chi connectivity index (χ0v) is 19.7. The van der Waals surface area contributed by atoms with Gasteiger partial charge >= 0.3 is 0 Å². The number of likely N-dealkylation sites (N-methyl/N-ethyl adjacent to an activating group) is 1. The first-order valence-corrected chi connectivity index (χ1v) is 10.8. The van der Waals surface area contributed by atoms with E-state index < -0.39 is 0 Å². The molecule has 0 atom stereocenters. The lowest BCUT2D eigenvalue weighted by Gasteiger charge is -2.22. The summed E-state index contributed by atoms with van der Waals surface area (Å²) >= 11 is 11.1. The second-order valence-electron chi connectivity index (χ2n) is 6.53. The minimum Gasteiger partial charge on any atom is -0.495 e. The predicted octanol–water partition coefficient (Wildman–Crippen LogP) is 4.94. The molecule has 0 radical (unpaired) electrons. The maximum absolute atomic E-state index is 13.4. The van der Waals surface area contributed by atoms with Gasteiger partial charge in [0.25, 0.3) is 5.91 Å². The number of amides is 1. The van der Waals surface area contributed by atoms with Crippen LogP contribution in [0.3, 0.4) is 0 Å². The van der Waals surface area contributed by atoms with Gasteiger partial charge in [-0.05, 0) is 44.4 Å². The monoisotopic (exact) mass is 497 g/mol. The summed E-state index contributed by atoms with van der Waals surface area (Å²) in [5, 5.41) is 0.954. The highest BCUT2D eigenvalue weighted by Crippen LogP contribution is 2.40. The summed E-state index contributed by atoms with van der Waals surface area (Å²) in [7, 11) is 7.12. The van der Waals surface area contributed by atoms with Crippen LogP contribution in [0.25, 0.3) is 10.2 Å². The zero-order chi connectivity index (χ0) is 21.1. The van der Waals surface area contributed by atoms with E-state index in [9.17, 15) is 4.79 Å². The summed E-state index contributed by atoms with van der Waals surface area (Å²) in [4.78, 5) is 21.8. The van der Waals surface area contributed by atoms with Crippen LogP contribution in [0.4, 0.5) is 5.13 Å². The number of carbonyl (C=O) groups is 1. The number of rotatable bonds is 7. The number of hydrogen-bond acceptors (Lipinski definition) is 6. The fraction of sp³-hybridized carbons (Fsp3) is 0.300. The SMILES string of the molecule is COc1ccc(OC)c2sc(N(CCN(C)C)C(=O)c3cc(Br)ccc3Cl)nc12. The van der Waals surface area contributed by atoms with E-state index in [1.165, 1.54) is 11.3 Å². The summed E-state index contributed by atoms with van der Waals surface area (Å²) in [5.41, 5.74) is 1.08. The van der Waals surface area contributed by atoms with Gasteiger partial charge < -0.3 is 14.4 Å². The summed E-state index contributed by atoms with van der Waals surface area (Å²) < 4.78 is 12.5. The third-order valence-electron chi connectivity index (χ3n) is 4.30. The van der Waals surface area contributed by atoms with Crippen LogP contribution < -0.4 is 14.4 Å². The van der Waals surface area contributed by atoms with Gasteiger partial charge in [0.15, 0.2) is 5.13 Å². The third kappa shape index (κ3) is 4.66. The molecule has 2 aromatic carbocycles. The van der Waals surface area contributed by atoms with Crippen LogP contribution >= 0.6 is 38.9 Å². The number of carbonyl (C=O) groups excluding carboxylic acids is 1. The van der Waals surface area contributed by atoms with Crippen LogP contribution in [0.15, 0.2) is 34.8 Å². The third-order valence-corrected chi connectivity index (χ3v) is 6.22. The van der Waals surface area contributed by atoms with E-state index in [-0.39, 0.29) is 5.91 Å². The van der Waals surface area contributed by atoms with Crippen LogP contribution in [0.2, 0.25) is 5.02 Å². The number of fused-ring (bicyclic) bond motifs is 1. The van der Waals surface area contributed by atoms with Crippen molar-refractivity contribution in [2.75, 3.05) is 46.3 Å². The Hall–Kier alpha value is -1.87. The van der Waals surface area contributed by atoms with Crippen LogP contribution in [0, 0.1) is 0 Å². The molecule has 9 heteroatoms. The van der Waals surface area contributed by atoms with Crippen molar-refractivity contribution in [2.24, 2.45) is 0 Å². The molecule has 0 saturated carbocycles. The zero-order valence-electron chi connectivity index (χ0n) is 16.5. The fourth-order valence-corrected chi connectivity index (χ4v) is 4.44. The maximum Gasteiger partial charge on any atom is 0.261 e. The molecule has 1 aromatic heterocycles. The molecule has 29 heavy (non-hydrogen) atoms. The molecule has 0 aliphatic heterocycles. The van der Waals surface area contributed by atoms with Crippen molar-refractivity contribution in [2.45, 2.75) is 0 Å². The van der Waals surface area contributed by atoms with Gasteiger partial charge in [0, 0.05) is 17.6 Å². The van der Waals surface area contributed by atoms with E-state index in [0.717, 1.165) is 9.17 Å². The van der Waals surface area contributed by atoms with E-state index >= 15 is 0 Å². The molecular weight excluding hydrogens is 478 g/mol. The molecule has 154 valence electrons. The van der Waals surface area contributed by atoms with Crippen molar-refractivity contribution in [3.63, 3.8) is 0 Å². The van der Waals surface area contributed by atoms with E-state index in [4.69, 9.17) is 26.1 Å². The predicted molar refractivity (Wildman–Crippen MR) is 122 cm³/mol. The van der Waals surface area contributed by atoms with Crippen molar-refractivity contribution < 1.29 is 14.3 Å². The number of halogens is 2. The summed E-state index contributed by atoms with van der Waals surface area (Å²) in [6, 6.07) is 8.87. The molecule has 0 N–H and O–H groups in total. The molecule has 0 spiro atoms. The molecule has 0 fully saturated rings. The Morgan fingerprint density at radius 3 is 2.48 bits per heavy atom. The van der Waals surface area contributed by atoms with Gasteiger partial charge in [-0.15, -0.1) is 0 Å². The second kappa shape index (κ2) is 9.30. The number of methoxy groups -OCH3 is 2. The van der Waals surface area contributed by atoms with Gasteiger partial charge in [-0.25, -0.2) is 4.98 Å². The highest BCUT2D eigenvalue weighted by Gasteiger charge is 2.25. The largest absolute Gasteiger partial charge is 0.495 e. The number of aromatic nitrogens is 1. The first-order valence-electron chi connectivity index (χ1n) is 8.79. The van der Waals surface area contributed by atoms with Gasteiger partial charge in [-0.2, -0.15) is 0 Å². The van der Waals surface area contributed by atoms with E-state index in [1.807, 2.05) is 31.1 Å².